The van der Waals surface area contributed by atoms with E-state index in [1.165, 1.54) is 18.9 Å². The van der Waals surface area contributed by atoms with Crippen molar-refractivity contribution in [1.29, 1.82) is 0 Å². The Hall–Kier alpha value is -1.38. The van der Waals surface area contributed by atoms with Gasteiger partial charge in [0.15, 0.2) is 0 Å². The lowest BCUT2D eigenvalue weighted by Gasteiger charge is -2.24. The van der Waals surface area contributed by atoms with Crippen LogP contribution in [0.2, 0.25) is 19.1 Å². The lowest BCUT2D eigenvalue weighted by atomic mass is 10.3. The molecule has 4 heteroatoms. The van der Waals surface area contributed by atoms with Crippen molar-refractivity contribution in [2.75, 3.05) is 0 Å². The van der Waals surface area contributed by atoms with Crippen LogP contribution in [-0.4, -0.2) is 14.4 Å². The summed E-state index contributed by atoms with van der Waals surface area (Å²) in [6.45, 7) is 6.64. The van der Waals surface area contributed by atoms with E-state index >= 15 is 0 Å². The van der Waals surface area contributed by atoms with Crippen LogP contribution in [0.25, 0.3) is 0 Å². The highest BCUT2D eigenvalue weighted by Crippen LogP contribution is 2.23. The smallest absolute Gasteiger partial charge is 0.245 e. The van der Waals surface area contributed by atoms with Gasteiger partial charge in [-0.2, -0.15) is 4.99 Å². The number of hydrogen-bond donors (Lipinski definition) is 0. The predicted molar refractivity (Wildman–Crippen MR) is 72.0 cm³/mol. The maximum atomic E-state index is 10.1. The molecule has 0 saturated heterocycles. The van der Waals surface area contributed by atoms with Crippen molar-refractivity contribution >= 4 is 20.1 Å². The second-order valence-electron chi connectivity index (χ2n) is 4.66. The topological polar surface area (TPSA) is 38.7 Å². The van der Waals surface area contributed by atoms with Gasteiger partial charge in [-0.05, 0) is 43.4 Å². The van der Waals surface area contributed by atoms with Crippen LogP contribution < -0.4 is 4.43 Å². The van der Waals surface area contributed by atoms with Crippen LogP contribution in [0, 0.1) is 0 Å². The molecule has 0 spiro atoms. The maximum absolute atomic E-state index is 10.1. The van der Waals surface area contributed by atoms with E-state index in [-0.39, 0.29) is 0 Å². The van der Waals surface area contributed by atoms with Gasteiger partial charge in [0.25, 0.3) is 0 Å². The van der Waals surface area contributed by atoms with Crippen LogP contribution in [0.15, 0.2) is 29.3 Å². The van der Waals surface area contributed by atoms with Gasteiger partial charge >= 0.3 is 0 Å². The number of aliphatic imine (C=N–C) groups is 1. The fraction of sp³-hybridized carbons (Fsp3) is 0.462. The molecule has 0 unspecified atom stereocenters. The highest BCUT2D eigenvalue weighted by molar-refractivity contribution is 6.71. The predicted octanol–water partition coefficient (Wildman–Crippen LogP) is 4.04. The van der Waals surface area contributed by atoms with Gasteiger partial charge in [-0.1, -0.05) is 19.8 Å². The lowest BCUT2D eigenvalue weighted by Crippen LogP contribution is -2.33. The molecule has 0 N–H and O–H groups in total. The Kier molecular flexibility index (Phi) is 5.13. The largest absolute Gasteiger partial charge is 0.544 e. The highest BCUT2D eigenvalue weighted by Gasteiger charge is 2.23. The molecular weight excluding hydrogens is 230 g/mol. The minimum atomic E-state index is -1.61. The lowest BCUT2D eigenvalue weighted by molar-refractivity contribution is 0.542. The molecule has 0 bridgehead atoms. The summed E-state index contributed by atoms with van der Waals surface area (Å²) in [5.41, 5.74) is 0.611. The zero-order chi connectivity index (χ0) is 12.7. The van der Waals surface area contributed by atoms with E-state index in [9.17, 15) is 4.79 Å². The quantitative estimate of drug-likeness (QED) is 0.433. The molecule has 0 radical (unpaired) electrons. The number of rotatable bonds is 6. The van der Waals surface area contributed by atoms with Crippen LogP contribution in [0.4, 0.5) is 5.69 Å². The molecule has 92 valence electrons. The van der Waals surface area contributed by atoms with Crippen LogP contribution >= 0.6 is 0 Å². The number of nitrogens with zero attached hydrogens (tertiary/aromatic N) is 1. The molecule has 0 aliphatic carbocycles. The van der Waals surface area contributed by atoms with E-state index in [4.69, 9.17) is 4.43 Å². The third-order valence-electron chi connectivity index (χ3n) is 2.54. The Morgan fingerprint density at radius 1 is 1.29 bits per heavy atom. The number of unbranched alkanes of at least 4 members (excludes halogenated alkanes) is 1. The van der Waals surface area contributed by atoms with E-state index < -0.39 is 8.32 Å². The van der Waals surface area contributed by atoms with Gasteiger partial charge in [0.05, 0.1) is 5.69 Å². The highest BCUT2D eigenvalue weighted by atomic mass is 28.4. The molecule has 0 aromatic heterocycles. The van der Waals surface area contributed by atoms with Crippen LogP contribution in [0.1, 0.15) is 19.8 Å². The molecule has 1 aromatic carbocycles. The molecule has 0 aliphatic rings. The Balaban J connectivity index is 2.64. The summed E-state index contributed by atoms with van der Waals surface area (Å²) in [6.07, 6.45) is 3.94. The zero-order valence-corrected chi connectivity index (χ0v) is 11.7. The van der Waals surface area contributed by atoms with Gasteiger partial charge in [-0.25, -0.2) is 4.79 Å². The molecule has 17 heavy (non-hydrogen) atoms. The average Bonchev–Trinajstić information content (AvgIpc) is 2.29. The molecule has 0 fully saturated rings. The normalized spacial score (nSPS) is 10.8. The molecular formula is C13H19NO2Si. The summed E-state index contributed by atoms with van der Waals surface area (Å²) in [4.78, 5) is 13.6. The van der Waals surface area contributed by atoms with Gasteiger partial charge in [-0.3, -0.25) is 0 Å². The summed E-state index contributed by atoms with van der Waals surface area (Å²) in [5, 5.41) is 0. The minimum Gasteiger partial charge on any atom is -0.544 e. The number of carbonyl (C=O) groups excluding carboxylic acids is 1. The van der Waals surface area contributed by atoms with Crippen LogP contribution in [0.5, 0.6) is 5.75 Å². The van der Waals surface area contributed by atoms with E-state index in [1.807, 2.05) is 12.1 Å². The molecule has 1 aromatic rings. The molecule has 3 nitrogen and oxygen atoms in total. The number of isocyanates is 1. The van der Waals surface area contributed by atoms with E-state index in [0.717, 1.165) is 11.8 Å². The summed E-state index contributed by atoms with van der Waals surface area (Å²) in [7, 11) is -1.61. The van der Waals surface area contributed by atoms with Crippen molar-refractivity contribution in [2.45, 2.75) is 38.9 Å². The molecule has 0 aliphatic heterocycles. The van der Waals surface area contributed by atoms with Crippen molar-refractivity contribution in [3.05, 3.63) is 24.3 Å². The van der Waals surface area contributed by atoms with E-state index in [0.29, 0.717) is 5.69 Å². The third kappa shape index (κ3) is 4.98. The first-order valence-electron chi connectivity index (χ1n) is 5.94. The number of benzene rings is 1. The number of hydrogen-bond acceptors (Lipinski definition) is 3. The van der Waals surface area contributed by atoms with Crippen molar-refractivity contribution in [2.24, 2.45) is 4.99 Å². The molecule has 1 rings (SSSR count). The van der Waals surface area contributed by atoms with Crippen LogP contribution in [-0.2, 0) is 4.79 Å². The summed E-state index contributed by atoms with van der Waals surface area (Å²) >= 11 is 0. The second kappa shape index (κ2) is 6.38. The first-order valence-corrected chi connectivity index (χ1v) is 9.06. The summed E-state index contributed by atoms with van der Waals surface area (Å²) in [6, 6.07) is 8.42. The van der Waals surface area contributed by atoms with Gasteiger partial charge in [0.2, 0.25) is 14.4 Å². The van der Waals surface area contributed by atoms with E-state index in [1.54, 1.807) is 12.1 Å². The van der Waals surface area contributed by atoms with Gasteiger partial charge < -0.3 is 4.43 Å². The van der Waals surface area contributed by atoms with Crippen molar-refractivity contribution in [3.63, 3.8) is 0 Å². The van der Waals surface area contributed by atoms with Crippen molar-refractivity contribution in [3.8, 4) is 5.75 Å². The zero-order valence-electron chi connectivity index (χ0n) is 10.7. The van der Waals surface area contributed by atoms with Crippen LogP contribution in [0.3, 0.4) is 0 Å². The van der Waals surface area contributed by atoms with Gasteiger partial charge in [-0.15, -0.1) is 0 Å². The Morgan fingerprint density at radius 2 is 1.94 bits per heavy atom. The fourth-order valence-electron chi connectivity index (χ4n) is 1.61. The first kappa shape index (κ1) is 13.7. The average molecular weight is 249 g/mol. The molecule has 0 amide bonds. The van der Waals surface area contributed by atoms with E-state index in [2.05, 4.69) is 25.0 Å². The Bertz CT molecular complexity index is 394. The van der Waals surface area contributed by atoms with Crippen molar-refractivity contribution in [1.82, 2.24) is 0 Å². The fourth-order valence-corrected chi connectivity index (χ4v) is 3.70. The maximum Gasteiger partial charge on any atom is 0.245 e. The summed E-state index contributed by atoms with van der Waals surface area (Å²) < 4.78 is 6.04. The Morgan fingerprint density at radius 3 is 2.47 bits per heavy atom. The minimum absolute atomic E-state index is 0.611. The first-order chi connectivity index (χ1) is 8.07. The summed E-state index contributed by atoms with van der Waals surface area (Å²) in [5.74, 6) is 0.864. The van der Waals surface area contributed by atoms with Gasteiger partial charge in [0, 0.05) is 0 Å². The van der Waals surface area contributed by atoms with Gasteiger partial charge in [0.1, 0.15) is 5.75 Å². The third-order valence-corrected chi connectivity index (χ3v) is 4.88. The second-order valence-corrected chi connectivity index (χ2v) is 8.89. The molecule has 0 atom stereocenters. The standard InChI is InChI=1S/C13H19NO2Si/c1-4-5-10-17(2,3)16-13-8-6-12(7-9-13)14-11-15/h6-9H,4-5,10H2,1-3H3. The molecule has 0 saturated carbocycles. The van der Waals surface area contributed by atoms with Crippen molar-refractivity contribution < 1.29 is 9.22 Å². The SMILES string of the molecule is CCCC[Si](C)(C)Oc1ccc(N=C=O)cc1. The Labute approximate surface area is 104 Å². The monoisotopic (exact) mass is 249 g/mol. The molecule has 0 heterocycles.